The van der Waals surface area contributed by atoms with Crippen LogP contribution in [0.1, 0.15) is 61.8 Å². The molecule has 146 valence electrons. The topological polar surface area (TPSA) is 81.9 Å². The standard InChI is InChI=1S/C21H25N5O2/c1-2-28-20(27)15-9-11-17(12-10-15)24-21-22-13-16-14-23-26(19(16)25-21)18-7-5-3-4-6-8-18/h9-14,18H,2-8H2,1H3,(H,22,24,25). The number of hydrogen-bond acceptors (Lipinski definition) is 6. The van der Waals surface area contributed by atoms with E-state index in [4.69, 9.17) is 9.72 Å². The number of rotatable bonds is 5. The van der Waals surface area contributed by atoms with Gasteiger partial charge in [0.15, 0.2) is 5.65 Å². The number of nitrogens with one attached hydrogen (secondary N) is 1. The van der Waals surface area contributed by atoms with E-state index >= 15 is 0 Å². The fourth-order valence-electron chi connectivity index (χ4n) is 3.70. The van der Waals surface area contributed by atoms with Crippen LogP contribution in [0.4, 0.5) is 11.6 Å². The number of ether oxygens (including phenoxy) is 1. The largest absolute Gasteiger partial charge is 0.462 e. The van der Waals surface area contributed by atoms with Gasteiger partial charge < -0.3 is 10.1 Å². The maximum Gasteiger partial charge on any atom is 0.338 e. The van der Waals surface area contributed by atoms with Gasteiger partial charge in [-0.15, -0.1) is 0 Å². The van der Waals surface area contributed by atoms with E-state index in [0.717, 1.165) is 29.6 Å². The maximum atomic E-state index is 11.8. The predicted octanol–water partition coefficient (Wildman–Crippen LogP) is 4.64. The van der Waals surface area contributed by atoms with Gasteiger partial charge in [0.1, 0.15) is 0 Å². The van der Waals surface area contributed by atoms with Crippen LogP contribution in [0, 0.1) is 0 Å². The Bertz CT molecular complexity index is 943. The van der Waals surface area contributed by atoms with Crippen LogP contribution in [0.2, 0.25) is 0 Å². The molecule has 0 aliphatic heterocycles. The van der Waals surface area contributed by atoms with Crippen molar-refractivity contribution in [3.63, 3.8) is 0 Å². The fourth-order valence-corrected chi connectivity index (χ4v) is 3.70. The highest BCUT2D eigenvalue weighted by atomic mass is 16.5. The molecule has 0 unspecified atom stereocenters. The second-order valence-electron chi connectivity index (χ2n) is 7.13. The summed E-state index contributed by atoms with van der Waals surface area (Å²) in [4.78, 5) is 20.9. The third-order valence-electron chi connectivity index (χ3n) is 5.16. The number of nitrogens with zero attached hydrogens (tertiary/aromatic N) is 4. The quantitative estimate of drug-likeness (QED) is 0.514. The van der Waals surface area contributed by atoms with Crippen LogP contribution in [0.3, 0.4) is 0 Å². The van der Waals surface area contributed by atoms with Gasteiger partial charge in [0.2, 0.25) is 5.95 Å². The molecule has 0 atom stereocenters. The van der Waals surface area contributed by atoms with E-state index < -0.39 is 0 Å². The zero-order valence-corrected chi connectivity index (χ0v) is 16.1. The lowest BCUT2D eigenvalue weighted by Crippen LogP contribution is -2.11. The second-order valence-corrected chi connectivity index (χ2v) is 7.13. The van der Waals surface area contributed by atoms with E-state index in [2.05, 4.69) is 20.1 Å². The number of esters is 1. The van der Waals surface area contributed by atoms with Gasteiger partial charge in [0.05, 0.1) is 29.8 Å². The summed E-state index contributed by atoms with van der Waals surface area (Å²) in [7, 11) is 0. The number of anilines is 2. The Morgan fingerprint density at radius 2 is 1.89 bits per heavy atom. The minimum atomic E-state index is -0.320. The average molecular weight is 379 g/mol. The Hall–Kier alpha value is -2.96. The number of benzene rings is 1. The summed E-state index contributed by atoms with van der Waals surface area (Å²) in [6.45, 7) is 2.16. The summed E-state index contributed by atoms with van der Waals surface area (Å²) < 4.78 is 7.08. The zero-order chi connectivity index (χ0) is 19.3. The van der Waals surface area contributed by atoms with Crippen molar-refractivity contribution in [3.8, 4) is 0 Å². The van der Waals surface area contributed by atoms with Crippen molar-refractivity contribution in [1.82, 2.24) is 19.7 Å². The summed E-state index contributed by atoms with van der Waals surface area (Å²) in [6.07, 6.45) is 11.1. The first-order chi connectivity index (χ1) is 13.7. The van der Waals surface area contributed by atoms with Crippen molar-refractivity contribution < 1.29 is 9.53 Å². The molecule has 1 fully saturated rings. The highest BCUT2D eigenvalue weighted by Crippen LogP contribution is 2.29. The monoisotopic (exact) mass is 379 g/mol. The number of fused-ring (bicyclic) bond motifs is 1. The maximum absolute atomic E-state index is 11.8. The smallest absolute Gasteiger partial charge is 0.338 e. The van der Waals surface area contributed by atoms with E-state index in [-0.39, 0.29) is 5.97 Å². The van der Waals surface area contributed by atoms with Crippen molar-refractivity contribution in [2.45, 2.75) is 51.5 Å². The molecule has 0 amide bonds. The van der Waals surface area contributed by atoms with Crippen LogP contribution in [0.5, 0.6) is 0 Å². The Morgan fingerprint density at radius 1 is 1.14 bits per heavy atom. The molecule has 2 aromatic heterocycles. The van der Waals surface area contributed by atoms with Crippen LogP contribution >= 0.6 is 0 Å². The summed E-state index contributed by atoms with van der Waals surface area (Å²) in [5.41, 5.74) is 2.20. The third-order valence-corrected chi connectivity index (χ3v) is 5.16. The molecule has 1 aliphatic rings. The molecule has 0 spiro atoms. The van der Waals surface area contributed by atoms with Gasteiger partial charge in [-0.3, -0.25) is 0 Å². The highest BCUT2D eigenvalue weighted by molar-refractivity contribution is 5.89. The predicted molar refractivity (Wildman–Crippen MR) is 108 cm³/mol. The minimum Gasteiger partial charge on any atom is -0.462 e. The molecule has 3 aromatic rings. The van der Waals surface area contributed by atoms with Crippen molar-refractivity contribution >= 4 is 28.6 Å². The van der Waals surface area contributed by atoms with Crippen LogP contribution < -0.4 is 5.32 Å². The van der Waals surface area contributed by atoms with Crippen molar-refractivity contribution in [2.24, 2.45) is 0 Å². The summed E-state index contributed by atoms with van der Waals surface area (Å²) in [5.74, 6) is 0.200. The van der Waals surface area contributed by atoms with Crippen LogP contribution in [0.15, 0.2) is 36.7 Å². The molecule has 4 rings (SSSR count). The molecule has 0 radical (unpaired) electrons. The number of hydrogen-bond donors (Lipinski definition) is 1. The van der Waals surface area contributed by atoms with Gasteiger partial charge >= 0.3 is 5.97 Å². The lowest BCUT2D eigenvalue weighted by atomic mass is 10.1. The fraction of sp³-hybridized carbons (Fsp3) is 0.429. The van der Waals surface area contributed by atoms with Crippen molar-refractivity contribution in [1.29, 1.82) is 0 Å². The lowest BCUT2D eigenvalue weighted by Gasteiger charge is -2.15. The normalized spacial score (nSPS) is 15.3. The molecule has 1 aromatic carbocycles. The van der Waals surface area contributed by atoms with Crippen molar-refractivity contribution in [3.05, 3.63) is 42.2 Å². The highest BCUT2D eigenvalue weighted by Gasteiger charge is 2.18. The first kappa shape index (κ1) is 18.4. The van der Waals surface area contributed by atoms with Crippen LogP contribution in [0.25, 0.3) is 11.0 Å². The third kappa shape index (κ3) is 3.98. The number of carbonyl (C=O) groups excluding carboxylic acids is 1. The molecule has 7 heteroatoms. The van der Waals surface area contributed by atoms with Gasteiger partial charge in [-0.1, -0.05) is 25.7 Å². The molecule has 1 aliphatic carbocycles. The van der Waals surface area contributed by atoms with E-state index in [9.17, 15) is 4.79 Å². The van der Waals surface area contributed by atoms with E-state index in [1.165, 1.54) is 25.7 Å². The molecule has 1 saturated carbocycles. The Kier molecular flexibility index (Phi) is 5.50. The molecule has 2 heterocycles. The summed E-state index contributed by atoms with van der Waals surface area (Å²) >= 11 is 0. The first-order valence-electron chi connectivity index (χ1n) is 9.99. The Morgan fingerprint density at radius 3 is 2.61 bits per heavy atom. The molecular formula is C21H25N5O2. The molecule has 1 N–H and O–H groups in total. The molecule has 28 heavy (non-hydrogen) atoms. The molecule has 7 nitrogen and oxygen atoms in total. The van der Waals surface area contributed by atoms with E-state index in [0.29, 0.717) is 24.2 Å². The minimum absolute atomic E-state index is 0.320. The van der Waals surface area contributed by atoms with Gasteiger partial charge in [-0.2, -0.15) is 10.1 Å². The zero-order valence-electron chi connectivity index (χ0n) is 16.1. The number of carbonyl (C=O) groups is 1. The Balaban J connectivity index is 1.54. The van der Waals surface area contributed by atoms with Gasteiger partial charge in [-0.25, -0.2) is 14.5 Å². The molecular weight excluding hydrogens is 354 g/mol. The van der Waals surface area contributed by atoms with Crippen LogP contribution in [-0.4, -0.2) is 32.3 Å². The Labute approximate surface area is 164 Å². The second kappa shape index (κ2) is 8.37. The first-order valence-corrected chi connectivity index (χ1v) is 9.99. The molecule has 0 bridgehead atoms. The van der Waals surface area contributed by atoms with E-state index in [1.54, 1.807) is 25.3 Å². The van der Waals surface area contributed by atoms with Crippen LogP contribution in [-0.2, 0) is 4.74 Å². The summed E-state index contributed by atoms with van der Waals surface area (Å²) in [6, 6.07) is 7.51. The van der Waals surface area contributed by atoms with Crippen molar-refractivity contribution in [2.75, 3.05) is 11.9 Å². The van der Waals surface area contributed by atoms with Gasteiger partial charge in [0.25, 0.3) is 0 Å². The molecule has 0 saturated heterocycles. The van der Waals surface area contributed by atoms with E-state index in [1.807, 2.05) is 18.3 Å². The van der Waals surface area contributed by atoms with Gasteiger partial charge in [-0.05, 0) is 44.0 Å². The SMILES string of the molecule is CCOC(=O)c1ccc(Nc2ncc3cnn(C4CCCCCC4)c3n2)cc1. The van der Waals surface area contributed by atoms with Gasteiger partial charge in [0, 0.05) is 11.9 Å². The lowest BCUT2D eigenvalue weighted by molar-refractivity contribution is 0.0526. The summed E-state index contributed by atoms with van der Waals surface area (Å²) in [5, 5.41) is 8.75. The average Bonchev–Trinajstić information content (AvgIpc) is 2.94. The number of aromatic nitrogens is 4.